The summed E-state index contributed by atoms with van der Waals surface area (Å²) in [5.41, 5.74) is 10.5. The zero-order chi connectivity index (χ0) is 13.1. The summed E-state index contributed by atoms with van der Waals surface area (Å²) in [7, 11) is 0. The highest BCUT2D eigenvalue weighted by molar-refractivity contribution is 5.72. The van der Waals surface area contributed by atoms with E-state index in [2.05, 4.69) is 0 Å². The molecule has 0 aliphatic carbocycles. The molecule has 2 rings (SSSR count). The molecule has 0 spiro atoms. The normalized spacial score (nSPS) is 23.1. The van der Waals surface area contributed by atoms with Gasteiger partial charge < -0.3 is 21.3 Å². The zero-order valence-corrected chi connectivity index (χ0v) is 10.7. The van der Waals surface area contributed by atoms with Crippen LogP contribution in [-0.4, -0.2) is 48.0 Å². The molecule has 2 aliphatic heterocycles. The number of nitrogens with zero attached hydrogens (tertiary/aromatic N) is 2. The molecule has 2 heterocycles. The van der Waals surface area contributed by atoms with Gasteiger partial charge in [-0.05, 0) is 37.5 Å². The van der Waals surface area contributed by atoms with E-state index in [0.29, 0.717) is 11.8 Å². The lowest BCUT2D eigenvalue weighted by atomic mass is 9.79. The number of hydrogen-bond acceptors (Lipinski definition) is 2. The Morgan fingerprint density at radius 2 is 1.00 bits per heavy atom. The first-order chi connectivity index (χ1) is 8.58. The largest absolute Gasteiger partial charge is 0.351 e. The van der Waals surface area contributed by atoms with Crippen molar-refractivity contribution in [1.82, 2.24) is 9.80 Å². The third-order valence-electron chi connectivity index (χ3n) is 4.37. The van der Waals surface area contributed by atoms with Crippen LogP contribution in [0.2, 0.25) is 0 Å². The average Bonchev–Trinajstić information content (AvgIpc) is 2.39. The molecule has 0 atom stereocenters. The number of likely N-dealkylation sites (tertiary alicyclic amines) is 2. The maximum Gasteiger partial charge on any atom is 0.314 e. The van der Waals surface area contributed by atoms with Crippen LogP contribution in [0.5, 0.6) is 0 Å². The molecular formula is C12H22N4O2. The van der Waals surface area contributed by atoms with Gasteiger partial charge in [0.1, 0.15) is 0 Å². The van der Waals surface area contributed by atoms with Gasteiger partial charge in [0, 0.05) is 26.2 Å². The Bertz CT molecular complexity index is 286. The van der Waals surface area contributed by atoms with Gasteiger partial charge in [-0.1, -0.05) is 0 Å². The van der Waals surface area contributed by atoms with E-state index in [4.69, 9.17) is 11.5 Å². The minimum atomic E-state index is -0.308. The number of piperidine rings is 2. The zero-order valence-electron chi connectivity index (χ0n) is 10.7. The van der Waals surface area contributed by atoms with Crippen LogP contribution < -0.4 is 11.5 Å². The van der Waals surface area contributed by atoms with Gasteiger partial charge in [0.05, 0.1) is 0 Å². The van der Waals surface area contributed by atoms with Crippen LogP contribution in [0.3, 0.4) is 0 Å². The van der Waals surface area contributed by atoms with E-state index >= 15 is 0 Å². The van der Waals surface area contributed by atoms with Crippen molar-refractivity contribution in [3.05, 3.63) is 0 Å². The Balaban J connectivity index is 1.78. The average molecular weight is 254 g/mol. The highest BCUT2D eigenvalue weighted by Crippen LogP contribution is 2.32. The molecule has 6 nitrogen and oxygen atoms in total. The Morgan fingerprint density at radius 1 is 0.722 bits per heavy atom. The maximum absolute atomic E-state index is 11.0. The molecule has 0 saturated carbocycles. The quantitative estimate of drug-likeness (QED) is 0.716. The van der Waals surface area contributed by atoms with Crippen molar-refractivity contribution in [2.75, 3.05) is 26.2 Å². The van der Waals surface area contributed by atoms with Crippen LogP contribution in [0.25, 0.3) is 0 Å². The smallest absolute Gasteiger partial charge is 0.314 e. The van der Waals surface area contributed by atoms with Crippen LogP contribution in [0, 0.1) is 11.8 Å². The van der Waals surface area contributed by atoms with Gasteiger partial charge in [0.25, 0.3) is 0 Å². The summed E-state index contributed by atoms with van der Waals surface area (Å²) >= 11 is 0. The first-order valence-corrected chi connectivity index (χ1v) is 6.66. The molecule has 4 amide bonds. The number of nitrogens with two attached hydrogens (primary N) is 2. The summed E-state index contributed by atoms with van der Waals surface area (Å²) in [6.07, 6.45) is 4.13. The van der Waals surface area contributed by atoms with Crippen molar-refractivity contribution < 1.29 is 9.59 Å². The van der Waals surface area contributed by atoms with E-state index in [-0.39, 0.29) is 12.1 Å². The second kappa shape index (κ2) is 5.46. The highest BCUT2D eigenvalue weighted by atomic mass is 16.2. The van der Waals surface area contributed by atoms with E-state index in [1.807, 2.05) is 0 Å². The van der Waals surface area contributed by atoms with Crippen molar-refractivity contribution in [3.63, 3.8) is 0 Å². The predicted molar refractivity (Wildman–Crippen MR) is 67.8 cm³/mol. The highest BCUT2D eigenvalue weighted by Gasteiger charge is 2.30. The van der Waals surface area contributed by atoms with Crippen molar-refractivity contribution >= 4 is 12.1 Å². The Labute approximate surface area is 107 Å². The Morgan fingerprint density at radius 3 is 1.22 bits per heavy atom. The molecular weight excluding hydrogens is 232 g/mol. The number of carbonyl (C=O) groups is 2. The summed E-state index contributed by atoms with van der Waals surface area (Å²) in [4.78, 5) is 25.5. The number of amides is 4. The summed E-state index contributed by atoms with van der Waals surface area (Å²) in [6, 6.07) is -0.617. The molecule has 102 valence electrons. The summed E-state index contributed by atoms with van der Waals surface area (Å²) in [5.74, 6) is 1.33. The minimum Gasteiger partial charge on any atom is -0.351 e. The van der Waals surface area contributed by atoms with Gasteiger partial charge in [-0.25, -0.2) is 9.59 Å². The van der Waals surface area contributed by atoms with Crippen molar-refractivity contribution in [1.29, 1.82) is 0 Å². The molecule has 2 fully saturated rings. The fourth-order valence-electron chi connectivity index (χ4n) is 3.18. The van der Waals surface area contributed by atoms with Gasteiger partial charge in [-0.3, -0.25) is 0 Å². The number of urea groups is 2. The third-order valence-corrected chi connectivity index (χ3v) is 4.37. The molecule has 0 radical (unpaired) electrons. The second-order valence-electron chi connectivity index (χ2n) is 5.33. The Kier molecular flexibility index (Phi) is 3.93. The van der Waals surface area contributed by atoms with Crippen LogP contribution in [0.4, 0.5) is 9.59 Å². The van der Waals surface area contributed by atoms with E-state index < -0.39 is 0 Å². The van der Waals surface area contributed by atoms with Gasteiger partial charge in [-0.15, -0.1) is 0 Å². The first-order valence-electron chi connectivity index (χ1n) is 6.66. The maximum atomic E-state index is 11.0. The molecule has 0 aromatic rings. The number of rotatable bonds is 1. The lowest BCUT2D eigenvalue weighted by Crippen LogP contribution is -2.46. The van der Waals surface area contributed by atoms with E-state index in [0.717, 1.165) is 51.9 Å². The van der Waals surface area contributed by atoms with Crippen molar-refractivity contribution in [2.24, 2.45) is 23.3 Å². The molecule has 0 aromatic carbocycles. The molecule has 2 saturated heterocycles. The monoisotopic (exact) mass is 254 g/mol. The van der Waals surface area contributed by atoms with Crippen molar-refractivity contribution in [3.8, 4) is 0 Å². The topological polar surface area (TPSA) is 92.7 Å². The second-order valence-corrected chi connectivity index (χ2v) is 5.33. The molecule has 4 N–H and O–H groups in total. The summed E-state index contributed by atoms with van der Waals surface area (Å²) in [6.45, 7) is 3.10. The molecule has 0 bridgehead atoms. The summed E-state index contributed by atoms with van der Waals surface area (Å²) < 4.78 is 0. The lowest BCUT2D eigenvalue weighted by molar-refractivity contribution is 0.115. The number of primary amides is 2. The van der Waals surface area contributed by atoms with Gasteiger partial charge >= 0.3 is 12.1 Å². The van der Waals surface area contributed by atoms with E-state index in [1.54, 1.807) is 9.80 Å². The van der Waals surface area contributed by atoms with E-state index in [9.17, 15) is 9.59 Å². The van der Waals surface area contributed by atoms with Crippen LogP contribution in [0.15, 0.2) is 0 Å². The standard InChI is InChI=1S/C12H22N4O2/c13-11(17)15-5-1-9(2-6-15)10-3-7-16(8-4-10)12(14)18/h9-10H,1-8H2,(H2,13,17)(H2,14,18). The first kappa shape index (κ1) is 13.0. The van der Waals surface area contributed by atoms with E-state index in [1.165, 1.54) is 0 Å². The number of hydrogen-bond donors (Lipinski definition) is 2. The minimum absolute atomic E-state index is 0.308. The van der Waals surface area contributed by atoms with Crippen molar-refractivity contribution in [2.45, 2.75) is 25.7 Å². The molecule has 6 heteroatoms. The van der Waals surface area contributed by atoms with Gasteiger partial charge in [0.15, 0.2) is 0 Å². The number of carbonyl (C=O) groups excluding carboxylic acids is 2. The lowest BCUT2D eigenvalue weighted by Gasteiger charge is -2.39. The SMILES string of the molecule is NC(=O)N1CCC(C2CCN(C(N)=O)CC2)CC1. The third kappa shape index (κ3) is 2.86. The molecule has 2 aliphatic rings. The predicted octanol–water partition coefficient (Wildman–Crippen LogP) is 0.568. The van der Waals surface area contributed by atoms with Crippen LogP contribution >= 0.6 is 0 Å². The van der Waals surface area contributed by atoms with Gasteiger partial charge in [0.2, 0.25) is 0 Å². The summed E-state index contributed by atoms with van der Waals surface area (Å²) in [5, 5.41) is 0. The van der Waals surface area contributed by atoms with Crippen LogP contribution in [0.1, 0.15) is 25.7 Å². The fraction of sp³-hybridized carbons (Fsp3) is 0.833. The fourth-order valence-corrected chi connectivity index (χ4v) is 3.18. The Hall–Kier alpha value is -1.46. The molecule has 0 aromatic heterocycles. The molecule has 0 unspecified atom stereocenters. The molecule has 18 heavy (non-hydrogen) atoms. The van der Waals surface area contributed by atoms with Crippen LogP contribution in [-0.2, 0) is 0 Å². The van der Waals surface area contributed by atoms with Gasteiger partial charge in [-0.2, -0.15) is 0 Å².